The topological polar surface area (TPSA) is 76.2 Å². The second kappa shape index (κ2) is 12.8. The number of aromatic amines is 1. The number of aryl methyl sites for hydroxylation is 1. The minimum Gasteiger partial charge on any atom is -0.497 e. The molecule has 206 valence electrons. The van der Waals surface area contributed by atoms with Gasteiger partial charge in [-0.25, -0.2) is 4.39 Å². The van der Waals surface area contributed by atoms with Gasteiger partial charge in [-0.2, -0.15) is 0 Å². The van der Waals surface area contributed by atoms with Gasteiger partial charge in [0.1, 0.15) is 17.3 Å². The molecule has 7 heteroatoms. The van der Waals surface area contributed by atoms with Gasteiger partial charge in [0.2, 0.25) is 0 Å². The van der Waals surface area contributed by atoms with Crippen LogP contribution in [0.5, 0.6) is 11.5 Å². The van der Waals surface area contributed by atoms with Gasteiger partial charge in [-0.1, -0.05) is 13.8 Å². The molecule has 1 aliphatic carbocycles. The van der Waals surface area contributed by atoms with Crippen LogP contribution in [0.25, 0.3) is 22.2 Å². The molecule has 1 amide bonds. The number of nitrogens with one attached hydrogen (secondary N) is 2. The van der Waals surface area contributed by atoms with Crippen LogP contribution in [0.1, 0.15) is 67.1 Å². The summed E-state index contributed by atoms with van der Waals surface area (Å²) in [7, 11) is 3.21. The van der Waals surface area contributed by atoms with Crippen molar-refractivity contribution in [1.29, 1.82) is 0 Å². The largest absolute Gasteiger partial charge is 0.497 e. The van der Waals surface area contributed by atoms with Gasteiger partial charge in [-0.3, -0.25) is 9.78 Å². The lowest BCUT2D eigenvalue weighted by Crippen LogP contribution is -2.31. The van der Waals surface area contributed by atoms with Gasteiger partial charge in [-0.05, 0) is 92.5 Å². The summed E-state index contributed by atoms with van der Waals surface area (Å²) in [5, 5.41) is 4.07. The third-order valence-corrected chi connectivity index (χ3v) is 7.41. The molecule has 2 aromatic carbocycles. The van der Waals surface area contributed by atoms with Crippen molar-refractivity contribution in [3.63, 3.8) is 0 Å². The lowest BCUT2D eigenvalue weighted by atomic mass is 9.78. The lowest BCUT2D eigenvalue weighted by Gasteiger charge is -2.29. The van der Waals surface area contributed by atoms with Crippen molar-refractivity contribution in [2.24, 2.45) is 5.92 Å². The van der Waals surface area contributed by atoms with E-state index in [0.717, 1.165) is 53.5 Å². The number of rotatable bonds is 7. The van der Waals surface area contributed by atoms with E-state index in [2.05, 4.69) is 15.3 Å². The van der Waals surface area contributed by atoms with Crippen molar-refractivity contribution in [1.82, 2.24) is 15.3 Å². The molecular weight excluding hydrogens is 493 g/mol. The number of pyridine rings is 1. The fraction of sp³-hybridized carbons (Fsp3) is 0.375. The summed E-state index contributed by atoms with van der Waals surface area (Å²) in [6.45, 7) is 6.57. The molecule has 1 saturated carbocycles. The molecule has 0 atom stereocenters. The van der Waals surface area contributed by atoms with Crippen LogP contribution < -0.4 is 14.8 Å². The summed E-state index contributed by atoms with van der Waals surface area (Å²) in [6, 6.07) is 14.3. The quantitative estimate of drug-likeness (QED) is 0.260. The highest BCUT2D eigenvalue weighted by atomic mass is 19.1. The Morgan fingerprint density at radius 3 is 2.36 bits per heavy atom. The Bertz CT molecular complexity index is 1400. The summed E-state index contributed by atoms with van der Waals surface area (Å²) in [6.07, 6.45) is 5.85. The summed E-state index contributed by atoms with van der Waals surface area (Å²) in [4.78, 5) is 20.9. The number of methoxy groups -OCH3 is 2. The number of H-pyrrole nitrogens is 1. The second-order valence-corrected chi connectivity index (χ2v) is 9.83. The van der Waals surface area contributed by atoms with Crippen molar-refractivity contribution >= 4 is 16.8 Å². The standard InChI is InChI=1S/C30H32FN3O3.C2H6/c1-18-12-27(29(34-18)21-13-23(36-2)16-24(14-21)37-3)30(35)33-17-19-4-6-20(7-5-19)25-10-11-32-28-9-8-22(31)15-26(25)28;1-2/h8-16,19-20,34H,4-7,17H2,1-3H3,(H,33,35);1-2H3. The van der Waals surface area contributed by atoms with Crippen LogP contribution >= 0.6 is 0 Å². The molecule has 0 bridgehead atoms. The van der Waals surface area contributed by atoms with E-state index in [1.54, 1.807) is 32.4 Å². The molecule has 0 unspecified atom stereocenters. The molecular formula is C32H38FN3O3. The fourth-order valence-electron chi connectivity index (χ4n) is 5.45. The fourth-order valence-corrected chi connectivity index (χ4v) is 5.45. The zero-order chi connectivity index (χ0) is 27.9. The first-order chi connectivity index (χ1) is 18.9. The maximum absolute atomic E-state index is 13.9. The maximum atomic E-state index is 13.9. The van der Waals surface area contributed by atoms with Crippen LogP contribution in [-0.2, 0) is 0 Å². The molecule has 1 aliphatic rings. The smallest absolute Gasteiger partial charge is 0.253 e. The van der Waals surface area contributed by atoms with E-state index in [1.165, 1.54) is 11.6 Å². The molecule has 39 heavy (non-hydrogen) atoms. The van der Waals surface area contributed by atoms with Gasteiger partial charge >= 0.3 is 0 Å². The number of carbonyl (C=O) groups excluding carboxylic acids is 1. The minimum absolute atomic E-state index is 0.0983. The molecule has 0 spiro atoms. The number of fused-ring (bicyclic) bond motifs is 1. The van der Waals surface area contributed by atoms with E-state index in [9.17, 15) is 9.18 Å². The van der Waals surface area contributed by atoms with Gasteiger partial charge in [0.25, 0.3) is 5.91 Å². The summed E-state index contributed by atoms with van der Waals surface area (Å²) < 4.78 is 24.7. The minimum atomic E-state index is -0.232. The Labute approximate surface area is 230 Å². The number of aromatic nitrogens is 2. The molecule has 0 aliphatic heterocycles. The molecule has 2 N–H and O–H groups in total. The lowest BCUT2D eigenvalue weighted by molar-refractivity contribution is 0.0943. The van der Waals surface area contributed by atoms with E-state index < -0.39 is 0 Å². The Kier molecular flexibility index (Phi) is 9.23. The zero-order valence-corrected chi connectivity index (χ0v) is 23.4. The van der Waals surface area contributed by atoms with E-state index >= 15 is 0 Å². The average Bonchev–Trinajstić information content (AvgIpc) is 3.38. The molecule has 0 radical (unpaired) electrons. The number of hydrogen-bond acceptors (Lipinski definition) is 4. The first kappa shape index (κ1) is 28.1. The van der Waals surface area contributed by atoms with Gasteiger partial charge < -0.3 is 19.8 Å². The van der Waals surface area contributed by atoms with E-state index in [1.807, 2.05) is 51.2 Å². The van der Waals surface area contributed by atoms with Crippen LogP contribution in [-0.4, -0.2) is 36.6 Å². The first-order valence-electron chi connectivity index (χ1n) is 13.7. The first-order valence-corrected chi connectivity index (χ1v) is 13.7. The van der Waals surface area contributed by atoms with Gasteiger partial charge in [0.05, 0.1) is 31.0 Å². The predicted molar refractivity (Wildman–Crippen MR) is 154 cm³/mol. The van der Waals surface area contributed by atoms with Crippen molar-refractivity contribution < 1.29 is 18.7 Å². The van der Waals surface area contributed by atoms with Gasteiger partial charge in [0, 0.05) is 35.5 Å². The molecule has 1 fully saturated rings. The zero-order valence-electron chi connectivity index (χ0n) is 23.4. The number of amides is 1. The molecule has 2 heterocycles. The Hall–Kier alpha value is -3.87. The summed E-state index contributed by atoms with van der Waals surface area (Å²) in [5.74, 6) is 1.78. The molecule has 5 rings (SSSR count). The van der Waals surface area contributed by atoms with Crippen molar-refractivity contribution in [2.75, 3.05) is 20.8 Å². The highest BCUT2D eigenvalue weighted by molar-refractivity contribution is 6.00. The molecule has 6 nitrogen and oxygen atoms in total. The predicted octanol–water partition coefficient (Wildman–Crippen LogP) is 7.42. The average molecular weight is 532 g/mol. The van der Waals surface area contributed by atoms with Crippen molar-refractivity contribution in [2.45, 2.75) is 52.4 Å². The van der Waals surface area contributed by atoms with Crippen LogP contribution in [0.4, 0.5) is 4.39 Å². The Balaban J connectivity index is 0.00000172. The normalized spacial score (nSPS) is 16.8. The monoisotopic (exact) mass is 531 g/mol. The van der Waals surface area contributed by atoms with Crippen molar-refractivity contribution in [3.05, 3.63) is 77.4 Å². The highest BCUT2D eigenvalue weighted by Gasteiger charge is 2.25. The number of carbonyl (C=O) groups is 1. The maximum Gasteiger partial charge on any atom is 0.253 e. The second-order valence-electron chi connectivity index (χ2n) is 9.83. The third kappa shape index (κ3) is 6.41. The number of nitrogens with zero attached hydrogens (tertiary/aromatic N) is 1. The highest BCUT2D eigenvalue weighted by Crippen LogP contribution is 2.38. The summed E-state index contributed by atoms with van der Waals surface area (Å²) >= 11 is 0. The SMILES string of the molecule is CC.COc1cc(OC)cc(-c2[nH]c(C)cc2C(=O)NCC2CCC(c3ccnc4ccc(F)cc34)CC2)c1. The molecule has 4 aromatic rings. The van der Waals surface area contributed by atoms with Crippen LogP contribution in [0, 0.1) is 18.7 Å². The molecule has 0 saturated heterocycles. The van der Waals surface area contributed by atoms with Crippen LogP contribution in [0.2, 0.25) is 0 Å². The number of benzene rings is 2. The van der Waals surface area contributed by atoms with Crippen molar-refractivity contribution in [3.8, 4) is 22.8 Å². The third-order valence-electron chi connectivity index (χ3n) is 7.41. The van der Waals surface area contributed by atoms with E-state index in [-0.39, 0.29) is 11.7 Å². The molecule has 2 aromatic heterocycles. The van der Waals surface area contributed by atoms with Crippen LogP contribution in [0.15, 0.2) is 54.7 Å². The number of halogens is 1. The van der Waals surface area contributed by atoms with Gasteiger partial charge in [0.15, 0.2) is 0 Å². The van der Waals surface area contributed by atoms with E-state index in [4.69, 9.17) is 9.47 Å². The Morgan fingerprint density at radius 2 is 1.69 bits per heavy atom. The number of hydrogen-bond donors (Lipinski definition) is 2. The van der Waals surface area contributed by atoms with Gasteiger partial charge in [-0.15, -0.1) is 0 Å². The van der Waals surface area contributed by atoms with Crippen LogP contribution in [0.3, 0.4) is 0 Å². The van der Waals surface area contributed by atoms with E-state index in [0.29, 0.717) is 35.4 Å². The summed E-state index contributed by atoms with van der Waals surface area (Å²) in [5.41, 5.74) is 5.09. The number of ether oxygens (including phenoxy) is 2. The Morgan fingerprint density at radius 1 is 1.00 bits per heavy atom.